The summed E-state index contributed by atoms with van der Waals surface area (Å²) in [6, 6.07) is 2.02. The molecule has 0 saturated carbocycles. The standard InChI is InChI=1S/C21H19F5N4O3/c22-14-6-12(30-20(31)29-8-11-2-1-5-32-10-11)7-15(23)18(14)33-16-3-4-27-19-17(16)13(9-28-19)21(24,25)26/h3-4,6-7,9,11H,1-2,5,8,10H2,(H,27,28)(H2,29,30,31)/t11-/m1/s1. The quantitative estimate of drug-likeness (QED) is 0.448. The lowest BCUT2D eigenvalue weighted by atomic mass is 10.0. The molecule has 1 fully saturated rings. The van der Waals surface area contributed by atoms with Gasteiger partial charge in [-0.3, -0.25) is 0 Å². The second kappa shape index (κ2) is 9.22. The fourth-order valence-electron chi connectivity index (χ4n) is 3.56. The Labute approximate surface area is 184 Å². The van der Waals surface area contributed by atoms with Crippen LogP contribution in [-0.2, 0) is 10.9 Å². The number of nitrogens with one attached hydrogen (secondary N) is 3. The first-order chi connectivity index (χ1) is 15.7. The van der Waals surface area contributed by atoms with Gasteiger partial charge in [0.25, 0.3) is 0 Å². The van der Waals surface area contributed by atoms with Crippen molar-refractivity contribution in [1.29, 1.82) is 0 Å². The zero-order valence-corrected chi connectivity index (χ0v) is 17.1. The highest BCUT2D eigenvalue weighted by Crippen LogP contribution is 2.40. The smallest absolute Gasteiger partial charge is 0.418 e. The van der Waals surface area contributed by atoms with Crippen molar-refractivity contribution in [3.63, 3.8) is 0 Å². The zero-order valence-electron chi connectivity index (χ0n) is 17.1. The van der Waals surface area contributed by atoms with E-state index in [-0.39, 0.29) is 17.3 Å². The number of halogens is 5. The normalized spacial score (nSPS) is 16.6. The van der Waals surface area contributed by atoms with Crippen LogP contribution in [0.25, 0.3) is 11.0 Å². The molecule has 12 heteroatoms. The van der Waals surface area contributed by atoms with E-state index in [4.69, 9.17) is 9.47 Å². The first-order valence-electron chi connectivity index (χ1n) is 10.0. The number of pyridine rings is 1. The molecule has 0 bridgehead atoms. The summed E-state index contributed by atoms with van der Waals surface area (Å²) in [6.07, 6.45) is -1.11. The third-order valence-electron chi connectivity index (χ3n) is 5.11. The summed E-state index contributed by atoms with van der Waals surface area (Å²) in [7, 11) is 0. The Morgan fingerprint density at radius 1 is 1.27 bits per heavy atom. The number of amides is 2. The maximum absolute atomic E-state index is 14.6. The lowest BCUT2D eigenvalue weighted by molar-refractivity contribution is -0.136. The number of H-pyrrole nitrogens is 1. The molecule has 1 aliphatic heterocycles. The summed E-state index contributed by atoms with van der Waals surface area (Å²) in [5.74, 6) is -3.61. The van der Waals surface area contributed by atoms with E-state index in [1.54, 1.807) is 0 Å². The van der Waals surface area contributed by atoms with Gasteiger partial charge in [-0.15, -0.1) is 0 Å². The monoisotopic (exact) mass is 470 g/mol. The van der Waals surface area contributed by atoms with E-state index in [0.29, 0.717) is 26.0 Å². The molecule has 1 aromatic carbocycles. The molecule has 0 unspecified atom stereocenters. The van der Waals surface area contributed by atoms with Crippen LogP contribution < -0.4 is 15.4 Å². The molecule has 33 heavy (non-hydrogen) atoms. The number of hydrogen-bond acceptors (Lipinski definition) is 4. The van der Waals surface area contributed by atoms with Gasteiger partial charge >= 0.3 is 12.2 Å². The third-order valence-corrected chi connectivity index (χ3v) is 5.11. The topological polar surface area (TPSA) is 88.3 Å². The molecule has 176 valence electrons. The van der Waals surface area contributed by atoms with Crippen molar-refractivity contribution in [1.82, 2.24) is 15.3 Å². The average molecular weight is 470 g/mol. The van der Waals surface area contributed by atoms with E-state index in [1.165, 1.54) is 0 Å². The number of anilines is 1. The molecule has 0 aliphatic carbocycles. The number of urea groups is 1. The first kappa shape index (κ1) is 22.8. The lowest BCUT2D eigenvalue weighted by Crippen LogP contribution is -2.35. The summed E-state index contributed by atoms with van der Waals surface area (Å²) in [4.78, 5) is 18.2. The number of carbonyl (C=O) groups is 1. The molecule has 1 aliphatic rings. The molecular formula is C21H19F5N4O3. The Morgan fingerprint density at radius 3 is 2.70 bits per heavy atom. The number of hydrogen-bond donors (Lipinski definition) is 3. The van der Waals surface area contributed by atoms with Crippen molar-refractivity contribution < 1.29 is 36.2 Å². The number of carbonyl (C=O) groups excluding carboxylic acids is 1. The Balaban J connectivity index is 1.50. The molecule has 3 heterocycles. The van der Waals surface area contributed by atoms with Crippen molar-refractivity contribution in [2.24, 2.45) is 5.92 Å². The highest BCUT2D eigenvalue weighted by atomic mass is 19.4. The van der Waals surface area contributed by atoms with Gasteiger partial charge < -0.3 is 25.1 Å². The third kappa shape index (κ3) is 5.16. The van der Waals surface area contributed by atoms with E-state index in [1.807, 2.05) is 0 Å². The lowest BCUT2D eigenvalue weighted by Gasteiger charge is -2.22. The minimum absolute atomic E-state index is 0.154. The Hall–Kier alpha value is -3.41. The number of aromatic amines is 1. The van der Waals surface area contributed by atoms with Crippen molar-refractivity contribution in [3.8, 4) is 11.5 Å². The first-order valence-corrected chi connectivity index (χ1v) is 10.0. The molecule has 1 atom stereocenters. The van der Waals surface area contributed by atoms with Crippen LogP contribution in [0, 0.1) is 17.6 Å². The van der Waals surface area contributed by atoms with E-state index < -0.39 is 46.3 Å². The van der Waals surface area contributed by atoms with Crippen molar-refractivity contribution >= 4 is 22.8 Å². The molecule has 2 aromatic heterocycles. The van der Waals surface area contributed by atoms with E-state index in [0.717, 1.165) is 37.2 Å². The van der Waals surface area contributed by atoms with Crippen LogP contribution in [0.5, 0.6) is 11.5 Å². The van der Waals surface area contributed by atoms with Gasteiger partial charge in [-0.25, -0.2) is 18.6 Å². The van der Waals surface area contributed by atoms with Gasteiger partial charge in [0.1, 0.15) is 11.4 Å². The summed E-state index contributed by atoms with van der Waals surface area (Å²) in [5, 5.41) is 4.47. The van der Waals surface area contributed by atoms with Gasteiger partial charge in [0.2, 0.25) is 0 Å². The highest BCUT2D eigenvalue weighted by molar-refractivity contribution is 5.89. The van der Waals surface area contributed by atoms with Crippen LogP contribution in [0.15, 0.2) is 30.6 Å². The van der Waals surface area contributed by atoms with Crippen molar-refractivity contribution in [2.75, 3.05) is 25.1 Å². The van der Waals surface area contributed by atoms with Crippen LogP contribution in [0.3, 0.4) is 0 Å². The molecule has 1 saturated heterocycles. The molecule has 0 spiro atoms. The Bertz CT molecular complexity index is 1140. The predicted octanol–water partition coefficient (Wildman–Crippen LogP) is 5.20. The fraction of sp³-hybridized carbons (Fsp3) is 0.333. The summed E-state index contributed by atoms with van der Waals surface area (Å²) < 4.78 is 79.5. The average Bonchev–Trinajstić information content (AvgIpc) is 3.21. The van der Waals surface area contributed by atoms with Crippen molar-refractivity contribution in [2.45, 2.75) is 19.0 Å². The molecule has 3 N–H and O–H groups in total. The number of ether oxygens (including phenoxy) is 2. The highest BCUT2D eigenvalue weighted by Gasteiger charge is 2.35. The van der Waals surface area contributed by atoms with Gasteiger partial charge in [-0.2, -0.15) is 13.2 Å². The number of alkyl halides is 3. The second-order valence-corrected chi connectivity index (χ2v) is 7.52. The molecular weight excluding hydrogens is 451 g/mol. The maximum Gasteiger partial charge on any atom is 0.418 e. The minimum Gasteiger partial charge on any atom is -0.450 e. The molecule has 4 rings (SSSR count). The minimum atomic E-state index is -4.73. The van der Waals surface area contributed by atoms with E-state index in [9.17, 15) is 26.7 Å². The Kier molecular flexibility index (Phi) is 6.36. The molecule has 3 aromatic rings. The largest absolute Gasteiger partial charge is 0.450 e. The van der Waals surface area contributed by atoms with Crippen LogP contribution in [0.1, 0.15) is 18.4 Å². The van der Waals surface area contributed by atoms with Gasteiger partial charge in [-0.1, -0.05) is 0 Å². The van der Waals surface area contributed by atoms with E-state index >= 15 is 0 Å². The van der Waals surface area contributed by atoms with E-state index in [2.05, 4.69) is 20.6 Å². The van der Waals surface area contributed by atoms with Crippen LogP contribution in [0.4, 0.5) is 32.4 Å². The van der Waals surface area contributed by atoms with Crippen LogP contribution in [-0.4, -0.2) is 35.8 Å². The van der Waals surface area contributed by atoms with Gasteiger partial charge in [-0.05, 0) is 24.8 Å². The van der Waals surface area contributed by atoms with Gasteiger partial charge in [0.15, 0.2) is 17.4 Å². The number of benzene rings is 1. The Morgan fingerprint density at radius 2 is 2.03 bits per heavy atom. The number of fused-ring (bicyclic) bond motifs is 1. The van der Waals surface area contributed by atoms with Crippen molar-refractivity contribution in [3.05, 3.63) is 47.8 Å². The maximum atomic E-state index is 14.6. The SMILES string of the molecule is O=C(NC[C@H]1CCCOC1)Nc1cc(F)c(Oc2ccnc3[nH]cc(C(F)(F)F)c23)c(F)c1. The van der Waals surface area contributed by atoms with Crippen LogP contribution >= 0.6 is 0 Å². The number of rotatable bonds is 5. The molecule has 0 radical (unpaired) electrons. The number of nitrogens with zero attached hydrogens (tertiary/aromatic N) is 1. The molecule has 7 nitrogen and oxygen atoms in total. The zero-order chi connectivity index (χ0) is 23.6. The van der Waals surface area contributed by atoms with Gasteiger partial charge in [0.05, 0.1) is 17.6 Å². The molecule has 2 amide bonds. The predicted molar refractivity (Wildman–Crippen MR) is 108 cm³/mol. The van der Waals surface area contributed by atoms with Gasteiger partial charge in [0, 0.05) is 43.4 Å². The summed E-state index contributed by atoms with van der Waals surface area (Å²) >= 11 is 0. The number of aromatic nitrogens is 2. The summed E-state index contributed by atoms with van der Waals surface area (Å²) in [5.41, 5.74) is -1.43. The fourth-order valence-corrected chi connectivity index (χ4v) is 3.56. The second-order valence-electron chi connectivity index (χ2n) is 7.52. The van der Waals surface area contributed by atoms with Crippen LogP contribution in [0.2, 0.25) is 0 Å². The summed E-state index contributed by atoms with van der Waals surface area (Å²) in [6.45, 7) is 1.55.